The first-order valence-corrected chi connectivity index (χ1v) is 9.50. The van der Waals surface area contributed by atoms with Crippen molar-refractivity contribution >= 4 is 23.5 Å². The lowest BCUT2D eigenvalue weighted by molar-refractivity contribution is -0.384. The Morgan fingerprint density at radius 3 is 1.87 bits per heavy atom. The molecule has 2 aromatic rings. The number of non-ortho nitro benzene ring substituents is 1. The van der Waals surface area contributed by atoms with E-state index in [4.69, 9.17) is 19.8 Å². The maximum absolute atomic E-state index is 12.4. The van der Waals surface area contributed by atoms with Crippen LogP contribution in [0.15, 0.2) is 54.6 Å². The summed E-state index contributed by atoms with van der Waals surface area (Å²) in [5.74, 6) is -3.48. The molecule has 1 amide bonds. The molecule has 0 saturated carbocycles. The van der Waals surface area contributed by atoms with Crippen molar-refractivity contribution in [3.05, 3.63) is 75.8 Å². The number of benzene rings is 2. The van der Waals surface area contributed by atoms with Crippen molar-refractivity contribution in [2.45, 2.75) is 13.0 Å². The SMILES string of the molecule is O=C(Cc1ccccc1)N1CCN(Cc2ccc([N+](=O)[O-])cc2)CC1.O=C(O)C(=O)O. The second kappa shape index (κ2) is 11.4. The van der Waals surface area contributed by atoms with Gasteiger partial charge in [0, 0.05) is 44.9 Å². The van der Waals surface area contributed by atoms with E-state index in [-0.39, 0.29) is 16.5 Å². The molecule has 2 aromatic carbocycles. The Kier molecular flexibility index (Phi) is 8.64. The Bertz CT molecular complexity index is 896. The summed E-state index contributed by atoms with van der Waals surface area (Å²) in [6, 6.07) is 16.5. The molecule has 1 saturated heterocycles. The Morgan fingerprint density at radius 1 is 0.839 bits per heavy atom. The molecule has 31 heavy (non-hydrogen) atoms. The van der Waals surface area contributed by atoms with Crippen LogP contribution in [-0.4, -0.2) is 69.0 Å². The lowest BCUT2D eigenvalue weighted by atomic mass is 10.1. The van der Waals surface area contributed by atoms with E-state index in [1.807, 2.05) is 35.2 Å². The van der Waals surface area contributed by atoms with Gasteiger partial charge in [-0.25, -0.2) is 9.59 Å². The van der Waals surface area contributed by atoms with Gasteiger partial charge in [-0.1, -0.05) is 42.5 Å². The third-order valence-corrected chi connectivity index (χ3v) is 4.66. The van der Waals surface area contributed by atoms with Crippen molar-refractivity contribution in [1.82, 2.24) is 9.80 Å². The highest BCUT2D eigenvalue weighted by Crippen LogP contribution is 2.15. The van der Waals surface area contributed by atoms with Crippen LogP contribution in [0.25, 0.3) is 0 Å². The Hall–Kier alpha value is -3.79. The molecule has 1 aliphatic heterocycles. The molecule has 0 radical (unpaired) electrons. The van der Waals surface area contributed by atoms with Crippen molar-refractivity contribution in [3.8, 4) is 0 Å². The molecule has 0 aromatic heterocycles. The summed E-state index contributed by atoms with van der Waals surface area (Å²) in [5, 5.41) is 25.5. The van der Waals surface area contributed by atoms with E-state index in [2.05, 4.69) is 4.90 Å². The molecular weight excluding hydrogens is 406 g/mol. The number of hydrogen-bond acceptors (Lipinski definition) is 6. The molecular formula is C21H23N3O7. The van der Waals surface area contributed by atoms with Gasteiger partial charge in [-0.3, -0.25) is 19.8 Å². The van der Waals surface area contributed by atoms with E-state index in [0.29, 0.717) is 6.42 Å². The van der Waals surface area contributed by atoms with Gasteiger partial charge >= 0.3 is 11.9 Å². The third kappa shape index (κ3) is 7.86. The zero-order valence-corrected chi connectivity index (χ0v) is 16.7. The summed E-state index contributed by atoms with van der Waals surface area (Å²) in [6.07, 6.45) is 0.448. The topological polar surface area (TPSA) is 141 Å². The number of carboxylic acid groups (broad SMARTS) is 2. The zero-order valence-electron chi connectivity index (χ0n) is 16.7. The molecule has 0 aliphatic carbocycles. The summed E-state index contributed by atoms with van der Waals surface area (Å²) in [4.78, 5) is 45.1. The molecule has 0 unspecified atom stereocenters. The van der Waals surface area contributed by atoms with Crippen LogP contribution in [0.3, 0.4) is 0 Å². The molecule has 0 atom stereocenters. The number of nitro benzene ring substituents is 1. The number of nitro groups is 1. The standard InChI is InChI=1S/C19H21N3O3.C2H2O4/c23-19(14-16-4-2-1-3-5-16)21-12-10-20(11-13-21)15-17-6-8-18(9-7-17)22(24)25;3-1(4)2(5)6/h1-9H,10-15H2;(H,3,4)(H,5,6). The lowest BCUT2D eigenvalue weighted by Crippen LogP contribution is -2.48. The van der Waals surface area contributed by atoms with Crippen molar-refractivity contribution in [3.63, 3.8) is 0 Å². The van der Waals surface area contributed by atoms with Gasteiger partial charge in [0.25, 0.3) is 5.69 Å². The molecule has 3 rings (SSSR count). The zero-order chi connectivity index (χ0) is 22.8. The quantitative estimate of drug-likeness (QED) is 0.415. The fourth-order valence-electron chi connectivity index (χ4n) is 3.02. The predicted molar refractivity (Wildman–Crippen MR) is 110 cm³/mol. The summed E-state index contributed by atoms with van der Waals surface area (Å²) < 4.78 is 0. The summed E-state index contributed by atoms with van der Waals surface area (Å²) in [5.41, 5.74) is 2.20. The minimum atomic E-state index is -1.82. The summed E-state index contributed by atoms with van der Waals surface area (Å²) in [6.45, 7) is 3.82. The van der Waals surface area contributed by atoms with Gasteiger partial charge in [0.15, 0.2) is 0 Å². The monoisotopic (exact) mass is 429 g/mol. The van der Waals surface area contributed by atoms with Gasteiger partial charge in [-0.05, 0) is 11.1 Å². The molecule has 2 N–H and O–H groups in total. The predicted octanol–water partition coefficient (Wildman–Crippen LogP) is 1.64. The molecule has 1 heterocycles. The second-order valence-electron chi connectivity index (χ2n) is 6.85. The average Bonchev–Trinajstić information content (AvgIpc) is 2.75. The fourth-order valence-corrected chi connectivity index (χ4v) is 3.02. The van der Waals surface area contributed by atoms with Crippen molar-refractivity contribution in [2.75, 3.05) is 26.2 Å². The minimum absolute atomic E-state index is 0.111. The Balaban J connectivity index is 0.000000501. The maximum atomic E-state index is 12.4. The van der Waals surface area contributed by atoms with E-state index in [1.54, 1.807) is 12.1 Å². The maximum Gasteiger partial charge on any atom is 0.414 e. The number of amides is 1. The van der Waals surface area contributed by atoms with Gasteiger partial charge in [0.1, 0.15) is 0 Å². The molecule has 164 valence electrons. The second-order valence-corrected chi connectivity index (χ2v) is 6.85. The van der Waals surface area contributed by atoms with E-state index in [1.165, 1.54) is 12.1 Å². The number of aliphatic carboxylic acids is 2. The molecule has 0 bridgehead atoms. The molecule has 1 aliphatic rings. The van der Waals surface area contributed by atoms with E-state index >= 15 is 0 Å². The van der Waals surface area contributed by atoms with Gasteiger partial charge in [-0.2, -0.15) is 0 Å². The number of carbonyl (C=O) groups is 3. The lowest BCUT2D eigenvalue weighted by Gasteiger charge is -2.34. The smallest absolute Gasteiger partial charge is 0.414 e. The molecule has 10 nitrogen and oxygen atoms in total. The van der Waals surface area contributed by atoms with Crippen LogP contribution in [-0.2, 0) is 27.3 Å². The highest BCUT2D eigenvalue weighted by Gasteiger charge is 2.21. The number of piperazine rings is 1. The third-order valence-electron chi connectivity index (χ3n) is 4.66. The Labute approximate surface area is 178 Å². The van der Waals surface area contributed by atoms with Crippen LogP contribution in [0, 0.1) is 10.1 Å². The molecule has 10 heteroatoms. The van der Waals surface area contributed by atoms with Crippen LogP contribution < -0.4 is 0 Å². The van der Waals surface area contributed by atoms with Gasteiger partial charge in [0.2, 0.25) is 5.91 Å². The van der Waals surface area contributed by atoms with Crippen LogP contribution in [0.1, 0.15) is 11.1 Å². The van der Waals surface area contributed by atoms with Crippen LogP contribution in [0.5, 0.6) is 0 Å². The van der Waals surface area contributed by atoms with Crippen molar-refractivity contribution < 1.29 is 29.5 Å². The number of nitrogens with zero attached hydrogens (tertiary/aromatic N) is 3. The van der Waals surface area contributed by atoms with E-state index in [9.17, 15) is 14.9 Å². The van der Waals surface area contributed by atoms with Gasteiger partial charge in [-0.15, -0.1) is 0 Å². The van der Waals surface area contributed by atoms with Crippen molar-refractivity contribution in [2.24, 2.45) is 0 Å². The van der Waals surface area contributed by atoms with Crippen LogP contribution in [0.4, 0.5) is 5.69 Å². The normalized spacial score (nSPS) is 13.6. The molecule has 0 spiro atoms. The fraction of sp³-hybridized carbons (Fsp3) is 0.286. The molecule has 1 fully saturated rings. The first-order chi connectivity index (χ1) is 14.8. The number of hydrogen-bond donors (Lipinski definition) is 2. The number of rotatable bonds is 5. The van der Waals surface area contributed by atoms with Gasteiger partial charge in [0.05, 0.1) is 11.3 Å². The summed E-state index contributed by atoms with van der Waals surface area (Å²) in [7, 11) is 0. The minimum Gasteiger partial charge on any atom is -0.473 e. The Morgan fingerprint density at radius 2 is 1.39 bits per heavy atom. The van der Waals surface area contributed by atoms with E-state index < -0.39 is 11.9 Å². The van der Waals surface area contributed by atoms with Crippen LogP contribution in [0.2, 0.25) is 0 Å². The highest BCUT2D eigenvalue weighted by atomic mass is 16.6. The van der Waals surface area contributed by atoms with Crippen molar-refractivity contribution in [1.29, 1.82) is 0 Å². The first kappa shape index (κ1) is 23.5. The summed E-state index contributed by atoms with van der Waals surface area (Å²) >= 11 is 0. The number of carboxylic acids is 2. The van der Waals surface area contributed by atoms with E-state index in [0.717, 1.165) is 43.9 Å². The van der Waals surface area contributed by atoms with Crippen LogP contribution >= 0.6 is 0 Å². The highest BCUT2D eigenvalue weighted by molar-refractivity contribution is 6.27. The average molecular weight is 429 g/mol. The van der Waals surface area contributed by atoms with Gasteiger partial charge < -0.3 is 15.1 Å². The first-order valence-electron chi connectivity index (χ1n) is 9.50. The largest absolute Gasteiger partial charge is 0.473 e. The number of carbonyl (C=O) groups excluding carboxylic acids is 1.